The van der Waals surface area contributed by atoms with E-state index in [1.807, 2.05) is 39.0 Å². The first-order chi connectivity index (χ1) is 13.7. The first-order valence-electron chi connectivity index (χ1n) is 10.8. The summed E-state index contributed by atoms with van der Waals surface area (Å²) in [7, 11) is -0.473. The normalized spacial score (nSPS) is 24.7. The van der Waals surface area contributed by atoms with Gasteiger partial charge in [-0.2, -0.15) is 0 Å². The van der Waals surface area contributed by atoms with E-state index in [1.54, 1.807) is 7.11 Å². The van der Waals surface area contributed by atoms with E-state index in [0.29, 0.717) is 18.6 Å². The van der Waals surface area contributed by atoms with Crippen molar-refractivity contribution in [3.63, 3.8) is 0 Å². The molecule has 0 heterocycles. The first kappa shape index (κ1) is 25.1. The predicted octanol–water partition coefficient (Wildman–Crippen LogP) is 4.99. The van der Waals surface area contributed by atoms with Crippen LogP contribution >= 0.6 is 0 Å². The van der Waals surface area contributed by atoms with Gasteiger partial charge in [-0.25, -0.2) is 0 Å². The van der Waals surface area contributed by atoms with Crippen LogP contribution in [0.4, 0.5) is 0 Å². The third-order valence-electron chi connectivity index (χ3n) is 7.22. The van der Waals surface area contributed by atoms with Gasteiger partial charge in [0.25, 0.3) is 0 Å². The predicted molar refractivity (Wildman–Crippen MR) is 123 cm³/mol. The summed E-state index contributed by atoms with van der Waals surface area (Å²) in [5.41, 5.74) is -0.0708. The van der Waals surface area contributed by atoms with Gasteiger partial charge in [-0.3, -0.25) is 4.79 Å². The summed E-state index contributed by atoms with van der Waals surface area (Å²) in [4.78, 5) is 14.0. The second-order valence-corrected chi connectivity index (χ2v) is 15.5. The van der Waals surface area contributed by atoms with Gasteiger partial charge in [0.05, 0.1) is 18.1 Å². The Hall–Kier alpha value is -1.21. The van der Waals surface area contributed by atoms with Crippen molar-refractivity contribution in [3.8, 4) is 5.75 Å². The minimum Gasteiger partial charge on any atom is -0.467 e. The van der Waals surface area contributed by atoms with Crippen LogP contribution in [0.5, 0.6) is 5.75 Å². The van der Waals surface area contributed by atoms with Crippen molar-refractivity contribution >= 4 is 14.1 Å². The molecular weight excluding hydrogens is 396 g/mol. The molecule has 0 radical (unpaired) electrons. The number of aryl methyl sites for hydroxylation is 1. The number of Topliss-reactive ketones (excluding diaryl/α,β-unsaturated/α-hetero) is 1. The number of carbonyl (C=O) groups is 1. The van der Waals surface area contributed by atoms with Crippen molar-refractivity contribution < 1.29 is 23.8 Å². The maximum Gasteiger partial charge on any atom is 0.192 e. The van der Waals surface area contributed by atoms with Gasteiger partial charge in [0.2, 0.25) is 0 Å². The van der Waals surface area contributed by atoms with Gasteiger partial charge in [0.1, 0.15) is 5.75 Å². The first-order valence-corrected chi connectivity index (χ1v) is 13.7. The number of ketones is 1. The van der Waals surface area contributed by atoms with Crippen LogP contribution in [-0.4, -0.2) is 45.8 Å². The number of benzene rings is 1. The minimum absolute atomic E-state index is 0.0142. The van der Waals surface area contributed by atoms with Crippen molar-refractivity contribution in [2.75, 3.05) is 20.5 Å². The molecule has 0 spiro atoms. The van der Waals surface area contributed by atoms with Crippen LogP contribution in [0, 0.1) is 12.3 Å². The van der Waals surface area contributed by atoms with Crippen molar-refractivity contribution in [2.24, 2.45) is 5.41 Å². The molecule has 1 aromatic carbocycles. The highest BCUT2D eigenvalue weighted by atomic mass is 28.4. The van der Waals surface area contributed by atoms with Crippen LogP contribution in [0.1, 0.15) is 58.6 Å². The van der Waals surface area contributed by atoms with Gasteiger partial charge in [-0.05, 0) is 43.5 Å². The zero-order valence-corrected chi connectivity index (χ0v) is 21.2. The molecule has 6 heteroatoms. The Morgan fingerprint density at radius 2 is 1.87 bits per heavy atom. The summed E-state index contributed by atoms with van der Waals surface area (Å²) in [5, 5.41) is 10.6. The Labute approximate surface area is 183 Å². The van der Waals surface area contributed by atoms with E-state index in [-0.39, 0.29) is 30.3 Å². The molecule has 0 aromatic heterocycles. The molecule has 1 fully saturated rings. The van der Waals surface area contributed by atoms with E-state index < -0.39 is 19.1 Å². The third kappa shape index (κ3) is 4.38. The van der Waals surface area contributed by atoms with Gasteiger partial charge in [-0.15, -0.1) is 0 Å². The van der Waals surface area contributed by atoms with E-state index in [2.05, 4.69) is 33.9 Å². The molecule has 1 aromatic rings. The molecule has 1 aliphatic carbocycles. The lowest BCUT2D eigenvalue weighted by atomic mass is 9.58. The van der Waals surface area contributed by atoms with Crippen LogP contribution in [0.25, 0.3) is 0 Å². The van der Waals surface area contributed by atoms with Gasteiger partial charge >= 0.3 is 0 Å². The fourth-order valence-electron chi connectivity index (χ4n) is 4.19. The molecule has 5 nitrogen and oxygen atoms in total. The number of ether oxygens (including phenoxy) is 2. The highest BCUT2D eigenvalue weighted by Gasteiger charge is 2.56. The summed E-state index contributed by atoms with van der Waals surface area (Å²) < 4.78 is 17.7. The lowest BCUT2D eigenvalue weighted by Crippen LogP contribution is -2.59. The molecule has 0 amide bonds. The molecule has 0 unspecified atom stereocenters. The maximum absolute atomic E-state index is 14.0. The number of aliphatic hydroxyl groups excluding tert-OH is 1. The molecule has 170 valence electrons. The fourth-order valence-corrected chi connectivity index (χ4v) is 5.66. The molecule has 0 saturated heterocycles. The summed E-state index contributed by atoms with van der Waals surface area (Å²) in [6.07, 6.45) is 1.07. The number of carbonyl (C=O) groups excluding carboxylic acids is 1. The third-order valence-corrected chi connectivity index (χ3v) is 11.7. The highest BCUT2D eigenvalue weighted by molar-refractivity contribution is 6.74. The SMILES string of the molecule is COCOc1c(C)cccc1[C@@]1(CO)CC[C@H](O[Si](C)(C)C(C)(C)C)C(C)(C)C1=O. The summed E-state index contributed by atoms with van der Waals surface area (Å²) in [6.45, 7) is 16.8. The lowest BCUT2D eigenvalue weighted by molar-refractivity contribution is -0.146. The van der Waals surface area contributed by atoms with E-state index in [0.717, 1.165) is 11.1 Å². The van der Waals surface area contributed by atoms with E-state index >= 15 is 0 Å². The van der Waals surface area contributed by atoms with Crippen molar-refractivity contribution in [2.45, 2.75) is 84.0 Å². The molecule has 1 aliphatic rings. The zero-order valence-electron chi connectivity index (χ0n) is 20.2. The second kappa shape index (κ2) is 8.73. The van der Waals surface area contributed by atoms with Crippen molar-refractivity contribution in [1.82, 2.24) is 0 Å². The Kier molecular flexibility index (Phi) is 7.29. The smallest absolute Gasteiger partial charge is 0.192 e. The molecule has 2 atom stereocenters. The Bertz CT molecular complexity index is 765. The number of para-hydroxylation sites is 1. The van der Waals surface area contributed by atoms with E-state index in [4.69, 9.17) is 13.9 Å². The van der Waals surface area contributed by atoms with E-state index in [9.17, 15) is 9.90 Å². The molecule has 2 rings (SSSR count). The van der Waals surface area contributed by atoms with Crippen LogP contribution in [-0.2, 0) is 19.4 Å². The number of aliphatic hydroxyl groups is 1. The van der Waals surface area contributed by atoms with Crippen LogP contribution in [0.2, 0.25) is 18.1 Å². The van der Waals surface area contributed by atoms with E-state index in [1.165, 1.54) is 0 Å². The van der Waals surface area contributed by atoms with Gasteiger partial charge in [-0.1, -0.05) is 52.8 Å². The topological polar surface area (TPSA) is 65.0 Å². The van der Waals surface area contributed by atoms with Gasteiger partial charge in [0.15, 0.2) is 20.9 Å². The van der Waals surface area contributed by atoms with Crippen molar-refractivity contribution in [1.29, 1.82) is 0 Å². The van der Waals surface area contributed by atoms with Crippen LogP contribution < -0.4 is 4.74 Å². The minimum atomic E-state index is -2.04. The molecule has 1 N–H and O–H groups in total. The molecule has 0 aliphatic heterocycles. The summed E-state index contributed by atoms with van der Waals surface area (Å²) in [5.74, 6) is 0.640. The number of hydrogen-bond acceptors (Lipinski definition) is 5. The zero-order chi connectivity index (χ0) is 23.0. The van der Waals surface area contributed by atoms with Crippen LogP contribution in [0.3, 0.4) is 0 Å². The molecule has 1 saturated carbocycles. The number of methoxy groups -OCH3 is 1. The molecular formula is C24H40O5Si. The Morgan fingerprint density at radius 1 is 1.23 bits per heavy atom. The quantitative estimate of drug-likeness (QED) is 0.482. The monoisotopic (exact) mass is 436 g/mol. The van der Waals surface area contributed by atoms with Crippen LogP contribution in [0.15, 0.2) is 18.2 Å². The Balaban J connectivity index is 2.48. The summed E-state index contributed by atoms with van der Waals surface area (Å²) in [6, 6.07) is 5.76. The lowest BCUT2D eigenvalue weighted by Gasteiger charge is -2.50. The number of hydrogen-bond donors (Lipinski definition) is 1. The largest absolute Gasteiger partial charge is 0.467 e. The Morgan fingerprint density at radius 3 is 2.40 bits per heavy atom. The van der Waals surface area contributed by atoms with Crippen molar-refractivity contribution in [3.05, 3.63) is 29.3 Å². The molecule has 0 bridgehead atoms. The molecule has 30 heavy (non-hydrogen) atoms. The average molecular weight is 437 g/mol. The van der Waals surface area contributed by atoms with Gasteiger partial charge in [0, 0.05) is 18.1 Å². The number of rotatable bonds is 7. The highest BCUT2D eigenvalue weighted by Crippen LogP contribution is 2.50. The maximum atomic E-state index is 14.0. The second-order valence-electron chi connectivity index (χ2n) is 10.7. The standard InChI is InChI=1S/C24H40O5Si/c1-17-11-10-12-18(20(17)28-16-27-7)24(15-25)14-13-19(23(5,6)21(24)26)29-30(8,9)22(2,3)4/h10-12,19,25H,13-16H2,1-9H3/t19-,24-/m0/s1. The average Bonchev–Trinajstić information content (AvgIpc) is 2.64. The summed E-state index contributed by atoms with van der Waals surface area (Å²) >= 11 is 0. The fraction of sp³-hybridized carbons (Fsp3) is 0.708. The van der Waals surface area contributed by atoms with Gasteiger partial charge < -0.3 is 19.0 Å².